The Labute approximate surface area is 187 Å². The highest BCUT2D eigenvalue weighted by molar-refractivity contribution is 6.35. The van der Waals surface area contributed by atoms with Crippen LogP contribution in [0.1, 0.15) is 19.3 Å². The molecule has 4 heterocycles. The van der Waals surface area contributed by atoms with Crippen molar-refractivity contribution in [2.45, 2.75) is 37.4 Å². The van der Waals surface area contributed by atoms with Crippen LogP contribution in [0.5, 0.6) is 0 Å². The number of hydrogen-bond donors (Lipinski definition) is 2. The van der Waals surface area contributed by atoms with Crippen molar-refractivity contribution in [1.29, 1.82) is 0 Å². The number of nitrogens with zero attached hydrogens (tertiary/aromatic N) is 3. The highest BCUT2D eigenvalue weighted by Gasteiger charge is 2.38. The molecule has 0 spiro atoms. The highest BCUT2D eigenvalue weighted by atomic mass is 35.5. The fraction of sp³-hybridized carbons (Fsp3) is 0.458. The summed E-state index contributed by atoms with van der Waals surface area (Å²) >= 11 is 6.47. The van der Waals surface area contributed by atoms with E-state index in [0.717, 1.165) is 43.0 Å². The van der Waals surface area contributed by atoms with E-state index in [4.69, 9.17) is 21.3 Å². The van der Waals surface area contributed by atoms with Crippen LogP contribution in [-0.2, 0) is 4.74 Å². The maximum absolute atomic E-state index is 6.47. The molecule has 31 heavy (non-hydrogen) atoms. The van der Waals surface area contributed by atoms with E-state index >= 15 is 0 Å². The van der Waals surface area contributed by atoms with Crippen molar-refractivity contribution in [3.63, 3.8) is 0 Å². The van der Waals surface area contributed by atoms with Crippen molar-refractivity contribution in [3.05, 3.63) is 52.8 Å². The largest absolute Gasteiger partial charge is 0.468 e. The van der Waals surface area contributed by atoms with Gasteiger partial charge in [0.1, 0.15) is 5.82 Å². The average molecular weight is 438 g/mol. The summed E-state index contributed by atoms with van der Waals surface area (Å²) in [6.07, 6.45) is 3.54. The van der Waals surface area contributed by atoms with Crippen LogP contribution < -0.4 is 15.5 Å². The second kappa shape index (κ2) is 7.61. The van der Waals surface area contributed by atoms with Crippen LogP contribution in [0.15, 0.2) is 52.8 Å². The van der Waals surface area contributed by atoms with Gasteiger partial charge in [-0.15, -0.1) is 0 Å². The molecule has 2 aromatic carbocycles. The van der Waals surface area contributed by atoms with Crippen LogP contribution in [0.2, 0.25) is 5.02 Å². The maximum atomic E-state index is 6.47. The molecule has 0 amide bonds. The van der Waals surface area contributed by atoms with Crippen LogP contribution in [0, 0.1) is 0 Å². The first kappa shape index (κ1) is 19.3. The Balaban J connectivity index is 1.33. The monoisotopic (exact) mass is 437 g/mol. The smallest absolute Gasteiger partial charge is 0.290 e. The van der Waals surface area contributed by atoms with Crippen LogP contribution in [0.25, 0.3) is 10.8 Å². The molecule has 3 unspecified atom stereocenters. The van der Waals surface area contributed by atoms with E-state index in [1.54, 1.807) is 7.11 Å². The number of likely N-dealkylation sites (tertiary alicyclic amines) is 1. The number of aliphatic imine (C=N–C) groups is 1. The van der Waals surface area contributed by atoms with Gasteiger partial charge in [0.25, 0.3) is 6.02 Å². The fourth-order valence-electron chi connectivity index (χ4n) is 5.70. The Morgan fingerprint density at radius 2 is 1.77 bits per heavy atom. The van der Waals surface area contributed by atoms with E-state index in [2.05, 4.69) is 44.7 Å². The number of anilines is 1. The highest BCUT2D eigenvalue weighted by Crippen LogP contribution is 2.36. The first-order valence-electron chi connectivity index (χ1n) is 11.2. The van der Waals surface area contributed by atoms with Crippen LogP contribution in [-0.4, -0.2) is 62.3 Å². The fourth-order valence-corrected chi connectivity index (χ4v) is 5.94. The third kappa shape index (κ3) is 3.33. The zero-order valence-electron chi connectivity index (χ0n) is 17.8. The molecule has 0 radical (unpaired) electrons. The molecular weight excluding hydrogens is 410 g/mol. The molecule has 3 atom stereocenters. The lowest BCUT2D eigenvalue weighted by Crippen LogP contribution is -2.55. The standard InChI is InChI=1S/C24H28ClN5O/c1-31-24-27-21-14-29(22-7-3-4-17-18(22)5-2-6-20(17)25)11-10-19(21)23(28-24)30-12-15-8-9-16(13-30)26-15/h2-7,15-16,21,26H,8-14H2,1H3,(H,27,28). The molecule has 6 nitrogen and oxygen atoms in total. The number of piperazine rings is 1. The minimum absolute atomic E-state index is 0.0990. The van der Waals surface area contributed by atoms with Crippen LogP contribution >= 0.6 is 11.6 Å². The Bertz CT molecular complexity index is 1070. The second-order valence-electron chi connectivity index (χ2n) is 9.00. The molecule has 3 fully saturated rings. The summed E-state index contributed by atoms with van der Waals surface area (Å²) < 4.78 is 5.58. The van der Waals surface area contributed by atoms with Crippen molar-refractivity contribution >= 4 is 34.1 Å². The van der Waals surface area contributed by atoms with Gasteiger partial charge in [0.15, 0.2) is 0 Å². The van der Waals surface area contributed by atoms with Gasteiger partial charge in [-0.1, -0.05) is 35.9 Å². The summed E-state index contributed by atoms with van der Waals surface area (Å²) in [7, 11) is 1.70. The molecule has 0 saturated carbocycles. The van der Waals surface area contributed by atoms with E-state index in [1.807, 2.05) is 12.1 Å². The molecule has 2 aromatic rings. The van der Waals surface area contributed by atoms with E-state index in [-0.39, 0.29) is 6.04 Å². The van der Waals surface area contributed by atoms with E-state index < -0.39 is 0 Å². The predicted octanol–water partition coefficient (Wildman–Crippen LogP) is 3.33. The normalized spacial score (nSPS) is 27.8. The molecule has 7 heteroatoms. The zero-order chi connectivity index (χ0) is 20.9. The quantitative estimate of drug-likeness (QED) is 0.754. The maximum Gasteiger partial charge on any atom is 0.290 e. The van der Waals surface area contributed by atoms with Gasteiger partial charge in [0.2, 0.25) is 0 Å². The minimum Gasteiger partial charge on any atom is -0.468 e. The average Bonchev–Trinajstić information content (AvgIpc) is 3.15. The van der Waals surface area contributed by atoms with Gasteiger partial charge in [0.05, 0.1) is 13.2 Å². The van der Waals surface area contributed by atoms with Gasteiger partial charge in [-0.3, -0.25) is 5.32 Å². The van der Waals surface area contributed by atoms with Gasteiger partial charge in [0, 0.05) is 59.7 Å². The van der Waals surface area contributed by atoms with Crippen molar-refractivity contribution < 1.29 is 4.74 Å². The van der Waals surface area contributed by atoms with Crippen molar-refractivity contribution in [2.24, 2.45) is 4.99 Å². The number of fused-ring (bicyclic) bond motifs is 4. The predicted molar refractivity (Wildman–Crippen MR) is 126 cm³/mol. The van der Waals surface area contributed by atoms with Crippen molar-refractivity contribution in [2.75, 3.05) is 38.2 Å². The number of hydrogen-bond acceptors (Lipinski definition) is 6. The lowest BCUT2D eigenvalue weighted by Gasteiger charge is -2.43. The number of amidine groups is 1. The summed E-state index contributed by atoms with van der Waals surface area (Å²) in [6, 6.07) is 14.5. The summed E-state index contributed by atoms with van der Waals surface area (Å²) in [5.74, 6) is 1.23. The number of methoxy groups -OCH3 is 1. The third-order valence-electron chi connectivity index (χ3n) is 7.16. The van der Waals surface area contributed by atoms with Crippen LogP contribution in [0.3, 0.4) is 0 Å². The van der Waals surface area contributed by atoms with Crippen LogP contribution in [0.4, 0.5) is 5.69 Å². The molecule has 2 bridgehead atoms. The van der Waals surface area contributed by atoms with E-state index in [0.29, 0.717) is 18.1 Å². The van der Waals surface area contributed by atoms with Gasteiger partial charge in [-0.2, -0.15) is 0 Å². The summed E-state index contributed by atoms with van der Waals surface area (Å²) in [4.78, 5) is 9.89. The van der Waals surface area contributed by atoms with Gasteiger partial charge >= 0.3 is 0 Å². The van der Waals surface area contributed by atoms with Gasteiger partial charge in [-0.05, 0) is 37.0 Å². The second-order valence-corrected chi connectivity index (χ2v) is 9.41. The SMILES string of the molecule is COC1=NC2CN(c3cccc4c(Cl)cccc34)CCC2=C(N2CC3CCC(C2)N3)N1. The Kier molecular flexibility index (Phi) is 4.73. The number of halogens is 1. The first-order valence-corrected chi connectivity index (χ1v) is 11.6. The lowest BCUT2D eigenvalue weighted by molar-refractivity contribution is 0.223. The summed E-state index contributed by atoms with van der Waals surface area (Å²) in [6.45, 7) is 3.92. The molecule has 162 valence electrons. The third-order valence-corrected chi connectivity index (χ3v) is 7.49. The molecule has 4 aliphatic heterocycles. The molecule has 3 saturated heterocycles. The molecule has 6 rings (SSSR count). The van der Waals surface area contributed by atoms with Crippen molar-refractivity contribution in [1.82, 2.24) is 15.5 Å². The zero-order valence-corrected chi connectivity index (χ0v) is 18.5. The molecular formula is C24H28ClN5O. The van der Waals surface area contributed by atoms with E-state index in [9.17, 15) is 0 Å². The Hall–Kier alpha value is -2.44. The Morgan fingerprint density at radius 3 is 2.58 bits per heavy atom. The lowest BCUT2D eigenvalue weighted by atomic mass is 9.95. The topological polar surface area (TPSA) is 52.1 Å². The minimum atomic E-state index is 0.0990. The number of nitrogens with one attached hydrogen (secondary N) is 2. The number of rotatable bonds is 2. The number of ether oxygens (including phenoxy) is 1. The van der Waals surface area contributed by atoms with Crippen molar-refractivity contribution in [3.8, 4) is 0 Å². The molecule has 2 N–H and O–H groups in total. The summed E-state index contributed by atoms with van der Waals surface area (Å²) in [5, 5.41) is 10.3. The van der Waals surface area contributed by atoms with E-state index in [1.165, 1.54) is 35.3 Å². The first-order chi connectivity index (χ1) is 15.2. The Morgan fingerprint density at radius 1 is 1.00 bits per heavy atom. The van der Waals surface area contributed by atoms with Gasteiger partial charge in [-0.25, -0.2) is 4.99 Å². The number of benzene rings is 2. The molecule has 0 aliphatic carbocycles. The molecule has 0 aromatic heterocycles. The number of piperidine rings is 1. The van der Waals surface area contributed by atoms with Gasteiger partial charge < -0.3 is 19.9 Å². The molecule has 4 aliphatic rings. The summed E-state index contributed by atoms with van der Waals surface area (Å²) in [5.41, 5.74) is 2.64.